The van der Waals surface area contributed by atoms with Gasteiger partial charge in [0, 0.05) is 72.4 Å². The van der Waals surface area contributed by atoms with Crippen molar-refractivity contribution >= 4 is 77.8 Å². The summed E-state index contributed by atoms with van der Waals surface area (Å²) in [7, 11) is 0. The second-order valence-corrected chi connectivity index (χ2v) is 15.7. The molecule has 0 radical (unpaired) electrons. The molecule has 298 valence electrons. The van der Waals surface area contributed by atoms with Crippen molar-refractivity contribution in [3.05, 3.63) is 231 Å². The third kappa shape index (κ3) is 6.42. The predicted octanol–water partition coefficient (Wildman–Crippen LogP) is 17.0. The smallest absolute Gasteiger partial charge is 0.178 e. The van der Waals surface area contributed by atoms with Gasteiger partial charge in [-0.15, -0.1) is 0 Å². The molecule has 0 atom stereocenters. The Morgan fingerprint density at radius 2 is 0.603 bits per heavy atom. The molecule has 0 aliphatic rings. The fraction of sp³-hybridized carbons (Fsp3) is 0. The second kappa shape index (κ2) is 15.2. The van der Waals surface area contributed by atoms with Gasteiger partial charge in [0.15, 0.2) is 11.2 Å². The van der Waals surface area contributed by atoms with Crippen molar-refractivity contribution in [2.24, 2.45) is 0 Å². The molecule has 0 saturated heterocycles. The average molecular weight is 811 g/mol. The first-order valence-corrected chi connectivity index (χ1v) is 21.2. The number of furan rings is 3. The molecule has 5 heteroatoms. The quantitative estimate of drug-likeness (QED) is 0.145. The number of para-hydroxylation sites is 4. The van der Waals surface area contributed by atoms with E-state index in [-0.39, 0.29) is 0 Å². The van der Waals surface area contributed by atoms with E-state index in [0.29, 0.717) is 11.2 Å². The normalized spacial score (nSPS) is 11.5. The monoisotopic (exact) mass is 810 g/mol. The van der Waals surface area contributed by atoms with E-state index in [9.17, 15) is 0 Å². The molecular weight excluding hydrogens is 773 g/mol. The second-order valence-electron chi connectivity index (χ2n) is 15.7. The summed E-state index contributed by atoms with van der Waals surface area (Å²) in [5, 5.41) is 5.11. The van der Waals surface area contributed by atoms with Crippen LogP contribution in [0.4, 0.5) is 34.1 Å². The van der Waals surface area contributed by atoms with Crippen LogP contribution in [0.2, 0.25) is 0 Å². The highest BCUT2D eigenvalue weighted by atomic mass is 16.4. The van der Waals surface area contributed by atoms with Gasteiger partial charge in [0.05, 0.1) is 0 Å². The maximum absolute atomic E-state index is 6.84. The first-order chi connectivity index (χ1) is 31.2. The van der Waals surface area contributed by atoms with E-state index in [2.05, 4.69) is 198 Å². The predicted molar refractivity (Wildman–Crippen MR) is 259 cm³/mol. The van der Waals surface area contributed by atoms with E-state index >= 15 is 0 Å². The lowest BCUT2D eigenvalue weighted by Crippen LogP contribution is -2.09. The molecule has 0 saturated carbocycles. The van der Waals surface area contributed by atoms with Crippen LogP contribution in [0.5, 0.6) is 0 Å². The van der Waals surface area contributed by atoms with Crippen LogP contribution >= 0.6 is 0 Å². The summed E-state index contributed by atoms with van der Waals surface area (Å²) in [5.74, 6) is 2.34. The Labute approximate surface area is 363 Å². The van der Waals surface area contributed by atoms with Gasteiger partial charge in [-0.2, -0.15) is 0 Å². The average Bonchev–Trinajstić information content (AvgIpc) is 4.12. The lowest BCUT2D eigenvalue weighted by molar-refractivity contribution is 0.598. The molecule has 12 aromatic rings. The Kier molecular flexibility index (Phi) is 8.75. The summed E-state index contributed by atoms with van der Waals surface area (Å²) in [4.78, 5) is 4.52. The van der Waals surface area contributed by atoms with Gasteiger partial charge in [-0.05, 0) is 133 Å². The number of fused-ring (bicyclic) bond motifs is 8. The van der Waals surface area contributed by atoms with Gasteiger partial charge < -0.3 is 23.1 Å². The summed E-state index contributed by atoms with van der Waals surface area (Å²) in [5.41, 5.74) is 11.7. The number of nitrogens with zero attached hydrogens (tertiary/aromatic N) is 2. The van der Waals surface area contributed by atoms with Crippen molar-refractivity contribution in [3.8, 4) is 34.0 Å². The fourth-order valence-electron chi connectivity index (χ4n) is 8.91. The van der Waals surface area contributed by atoms with Gasteiger partial charge in [-0.25, -0.2) is 0 Å². The molecule has 3 heterocycles. The Morgan fingerprint density at radius 3 is 1.06 bits per heavy atom. The van der Waals surface area contributed by atoms with Crippen molar-refractivity contribution < 1.29 is 13.3 Å². The number of benzene rings is 9. The molecule has 0 aliphatic heterocycles. The molecule has 9 aromatic carbocycles. The molecule has 0 bridgehead atoms. The van der Waals surface area contributed by atoms with Gasteiger partial charge in [0.25, 0.3) is 0 Å². The van der Waals surface area contributed by atoms with Crippen LogP contribution < -0.4 is 9.80 Å². The minimum absolute atomic E-state index is 0.708. The number of hydrogen-bond donors (Lipinski definition) is 0. The van der Waals surface area contributed by atoms with Crippen LogP contribution in [0, 0.1) is 0 Å². The van der Waals surface area contributed by atoms with E-state index in [1.54, 1.807) is 0 Å². The zero-order valence-electron chi connectivity index (χ0n) is 34.1. The third-order valence-corrected chi connectivity index (χ3v) is 11.9. The largest absolute Gasteiger partial charge is 0.456 e. The minimum atomic E-state index is 0.708. The molecule has 0 spiro atoms. The van der Waals surface area contributed by atoms with E-state index in [1.807, 2.05) is 42.5 Å². The van der Waals surface area contributed by atoms with Crippen LogP contribution in [-0.4, -0.2) is 0 Å². The Hall–Kier alpha value is -8.54. The zero-order valence-corrected chi connectivity index (χ0v) is 34.1. The summed E-state index contributed by atoms with van der Waals surface area (Å²) in [6.45, 7) is 0. The van der Waals surface area contributed by atoms with Crippen molar-refractivity contribution in [2.45, 2.75) is 0 Å². The molecule has 0 N–H and O–H groups in total. The maximum atomic E-state index is 6.84. The van der Waals surface area contributed by atoms with Crippen LogP contribution in [0.3, 0.4) is 0 Å². The van der Waals surface area contributed by atoms with Gasteiger partial charge in [0.1, 0.15) is 22.9 Å². The van der Waals surface area contributed by atoms with E-state index in [1.165, 1.54) is 0 Å². The highest BCUT2D eigenvalue weighted by Crippen LogP contribution is 2.46. The van der Waals surface area contributed by atoms with E-state index in [0.717, 1.165) is 101 Å². The van der Waals surface area contributed by atoms with Crippen LogP contribution in [0.25, 0.3) is 77.7 Å². The molecule has 3 aromatic heterocycles. The molecule has 63 heavy (non-hydrogen) atoms. The minimum Gasteiger partial charge on any atom is -0.456 e. The first-order valence-electron chi connectivity index (χ1n) is 21.2. The summed E-state index contributed by atoms with van der Waals surface area (Å²) in [6.07, 6.45) is 0. The third-order valence-electron chi connectivity index (χ3n) is 11.9. The van der Waals surface area contributed by atoms with Crippen LogP contribution in [-0.2, 0) is 0 Å². The Bertz CT molecular complexity index is 3440. The van der Waals surface area contributed by atoms with Gasteiger partial charge in [-0.3, -0.25) is 0 Å². The molecule has 0 amide bonds. The van der Waals surface area contributed by atoms with Crippen molar-refractivity contribution in [3.63, 3.8) is 0 Å². The number of anilines is 6. The molecular formula is C58H38N2O3. The molecule has 0 fully saturated rings. The van der Waals surface area contributed by atoms with E-state index in [4.69, 9.17) is 13.3 Å². The first kappa shape index (κ1) is 36.3. The fourth-order valence-corrected chi connectivity index (χ4v) is 8.91. The topological polar surface area (TPSA) is 45.9 Å². The zero-order chi connectivity index (χ0) is 41.7. The van der Waals surface area contributed by atoms with Crippen LogP contribution in [0.15, 0.2) is 244 Å². The molecule has 12 rings (SSSR count). The van der Waals surface area contributed by atoms with E-state index < -0.39 is 0 Å². The maximum Gasteiger partial charge on any atom is 0.178 e. The van der Waals surface area contributed by atoms with Gasteiger partial charge in [-0.1, -0.05) is 103 Å². The van der Waals surface area contributed by atoms with Crippen molar-refractivity contribution in [1.29, 1.82) is 0 Å². The standard InChI is InChI=1S/C58H38N2O3/c1-6-16-39(17-7-1)55-38-51-56-48(34-35-52-50(56)37-53(61-52)40-26-30-46(31-27-40)59(42-18-8-2-9-19-42)43-20-10-3-11-21-43)49-36-54(62-57(49)58(51)63-55)41-28-32-47(33-29-41)60(44-22-12-4-13-23-44)45-24-14-5-15-25-45/h1-38H. The molecule has 0 aliphatic carbocycles. The summed E-state index contributed by atoms with van der Waals surface area (Å²) >= 11 is 0. The highest BCUT2D eigenvalue weighted by Gasteiger charge is 2.23. The number of hydrogen-bond acceptors (Lipinski definition) is 5. The Morgan fingerprint density at radius 1 is 0.254 bits per heavy atom. The lowest BCUT2D eigenvalue weighted by atomic mass is 9.98. The number of rotatable bonds is 9. The van der Waals surface area contributed by atoms with Crippen molar-refractivity contribution in [1.82, 2.24) is 0 Å². The van der Waals surface area contributed by atoms with Gasteiger partial charge in [0.2, 0.25) is 0 Å². The highest BCUT2D eigenvalue weighted by molar-refractivity contribution is 6.30. The molecule has 0 unspecified atom stereocenters. The summed E-state index contributed by atoms with van der Waals surface area (Å²) in [6, 6.07) is 79.9. The van der Waals surface area contributed by atoms with Crippen LogP contribution in [0.1, 0.15) is 0 Å². The summed E-state index contributed by atoms with van der Waals surface area (Å²) < 4.78 is 20.3. The Balaban J connectivity index is 0.976. The lowest BCUT2D eigenvalue weighted by Gasteiger charge is -2.25. The van der Waals surface area contributed by atoms with Gasteiger partial charge >= 0.3 is 0 Å². The SMILES string of the molecule is c1ccc(-c2cc3c(o2)c2oc(-c4ccc(N(c5ccccc5)c5ccccc5)cc4)cc2c2ccc4oc(-c5ccc(N(c6ccccc6)c6ccccc6)cc5)cc4c23)cc1. The van der Waals surface area contributed by atoms with Crippen molar-refractivity contribution in [2.75, 3.05) is 9.80 Å². The molecule has 5 nitrogen and oxygen atoms in total.